The third-order valence-corrected chi connectivity index (χ3v) is 0. The largest absolute Gasteiger partial charge is 1.00 e. The summed E-state index contributed by atoms with van der Waals surface area (Å²) in [7, 11) is -6.00. The zero-order valence-corrected chi connectivity index (χ0v) is 4.21. The summed E-state index contributed by atoms with van der Waals surface area (Å²) in [5.74, 6) is 0. The van der Waals surface area contributed by atoms with E-state index in [0.29, 0.717) is 0 Å². The van der Waals surface area contributed by atoms with Crippen molar-refractivity contribution < 1.29 is 18.7 Å². The zero-order chi connectivity index (χ0) is 4.50. The van der Waals surface area contributed by atoms with Gasteiger partial charge in [0, 0.05) is 0 Å². The smallest absolute Gasteiger partial charge is 0.418 e. The van der Waals surface area contributed by atoms with E-state index >= 15 is 0 Å². The minimum absolute atomic E-state index is 0. The van der Waals surface area contributed by atoms with Crippen molar-refractivity contribution >= 4 is 24.2 Å². The molecule has 0 aliphatic heterocycles. The molecule has 0 spiro atoms. The fraction of sp³-hybridized carbons (Fsp3) is 0. The first-order valence-corrected chi connectivity index (χ1v) is 0.873. The highest BCUT2D eigenvalue weighted by Gasteiger charge is 2.20. The average molecular weight is 169 g/mol. The third kappa shape index (κ3) is 648. The van der Waals surface area contributed by atoms with Gasteiger partial charge in [-0.15, -0.1) is 17.0 Å². The van der Waals surface area contributed by atoms with E-state index in [9.17, 15) is 17.3 Å². The lowest BCUT2D eigenvalue weighted by atomic mass is 10.3. The molecule has 0 N–H and O–H groups in total. The van der Waals surface area contributed by atoms with Crippen molar-refractivity contribution in [2.75, 3.05) is 0 Å². The summed E-state index contributed by atoms with van der Waals surface area (Å²) < 4.78 is 39.0. The minimum atomic E-state index is -6.00. The zero-order valence-electron chi connectivity index (χ0n) is 3.50. The molecule has 0 amide bonds. The van der Waals surface area contributed by atoms with Crippen molar-refractivity contribution in [3.8, 4) is 0 Å². The molecule has 40 valence electrons. The quantitative estimate of drug-likeness (QED) is 0.384. The van der Waals surface area contributed by atoms with Crippen LogP contribution in [0.3, 0.4) is 0 Å². The first kappa shape index (κ1) is 9.55. The second-order valence-electron chi connectivity index (χ2n) is 0.495. The first-order valence-electron chi connectivity index (χ1n) is 0.873. The normalized spacial score (nSPS) is 10.0. The summed E-state index contributed by atoms with van der Waals surface area (Å²) in [4.78, 5) is 0. The van der Waals surface area contributed by atoms with Crippen LogP contribution in [-0.4, -0.2) is 7.25 Å². The van der Waals surface area contributed by atoms with Crippen molar-refractivity contribution in [3.63, 3.8) is 0 Å². The molecule has 0 aromatic carbocycles. The van der Waals surface area contributed by atoms with Gasteiger partial charge in [-0.05, 0) is 0 Å². The molecule has 0 aromatic rings. The monoisotopic (exact) mass is 168 g/mol. The van der Waals surface area contributed by atoms with E-state index in [1.165, 1.54) is 0 Å². The van der Waals surface area contributed by atoms with Crippen LogP contribution in [-0.2, 0) is 0 Å². The molecule has 0 aliphatic carbocycles. The third-order valence-electron chi connectivity index (χ3n) is 0. The molecule has 0 heterocycles. The molecule has 6 heavy (non-hydrogen) atoms. The molecular weight excluding hydrogens is 167 g/mol. The average Bonchev–Trinajstić information content (AvgIpc) is 0.722. The highest BCUT2D eigenvalue weighted by molar-refractivity contribution is 8.93. The van der Waals surface area contributed by atoms with Gasteiger partial charge >= 0.3 is 8.68 Å². The molecule has 0 saturated heterocycles. The van der Waals surface area contributed by atoms with Crippen molar-refractivity contribution in [2.45, 2.75) is 0 Å². The maximum atomic E-state index is 9.75. The summed E-state index contributed by atoms with van der Waals surface area (Å²) in [5, 5.41) is 0. The topological polar surface area (TPSA) is 0 Å². The van der Waals surface area contributed by atoms with Crippen LogP contribution in [0.2, 0.25) is 0 Å². The fourth-order valence-electron chi connectivity index (χ4n) is 0. The van der Waals surface area contributed by atoms with Crippen LogP contribution >= 0.6 is 17.0 Å². The minimum Gasteiger partial charge on any atom is -0.418 e. The summed E-state index contributed by atoms with van der Waals surface area (Å²) in [5.41, 5.74) is 0. The van der Waals surface area contributed by atoms with Crippen molar-refractivity contribution in [1.82, 2.24) is 0 Å². The number of rotatable bonds is 0. The standard InChI is InChI=1S/BF4.BrH/c2-1(3,4)5;/h;1H/q-1;/p+1. The van der Waals surface area contributed by atoms with E-state index in [2.05, 4.69) is 0 Å². The SMILES string of the molecule is Br.F[B-](F)(F)F.[H+]. The molecule has 6 heteroatoms. The second-order valence-corrected chi connectivity index (χ2v) is 0.495. The Morgan fingerprint density at radius 3 is 1.00 bits per heavy atom. The highest BCUT2D eigenvalue weighted by atomic mass is 79.9. The van der Waals surface area contributed by atoms with Crippen LogP contribution < -0.4 is 0 Å². The Kier molecular flexibility index (Phi) is 3.88. The van der Waals surface area contributed by atoms with Crippen LogP contribution in [0.1, 0.15) is 1.43 Å². The lowest BCUT2D eigenvalue weighted by Crippen LogP contribution is -2.02. The van der Waals surface area contributed by atoms with E-state index < -0.39 is 7.25 Å². The van der Waals surface area contributed by atoms with E-state index in [4.69, 9.17) is 0 Å². The van der Waals surface area contributed by atoms with Crippen LogP contribution in [0, 0.1) is 0 Å². The van der Waals surface area contributed by atoms with Gasteiger partial charge in [-0.25, -0.2) is 0 Å². The van der Waals surface area contributed by atoms with Crippen molar-refractivity contribution in [2.24, 2.45) is 0 Å². The van der Waals surface area contributed by atoms with Gasteiger partial charge in [-0.3, -0.25) is 0 Å². The molecule has 0 rings (SSSR count). The van der Waals surface area contributed by atoms with Gasteiger partial charge in [0.1, 0.15) is 0 Å². The van der Waals surface area contributed by atoms with Gasteiger partial charge in [-0.1, -0.05) is 0 Å². The van der Waals surface area contributed by atoms with E-state index in [-0.39, 0.29) is 18.4 Å². The number of halogens is 5. The number of hydrogen-bond donors (Lipinski definition) is 0. The summed E-state index contributed by atoms with van der Waals surface area (Å²) in [6, 6.07) is 0. The summed E-state index contributed by atoms with van der Waals surface area (Å²) in [6.07, 6.45) is 0. The molecule has 0 nitrogen and oxygen atoms in total. The van der Waals surface area contributed by atoms with E-state index in [1.807, 2.05) is 0 Å². The molecule has 0 fully saturated rings. The van der Waals surface area contributed by atoms with Gasteiger partial charge in [0.05, 0.1) is 0 Å². The van der Waals surface area contributed by atoms with Gasteiger partial charge in [0.15, 0.2) is 0 Å². The first-order chi connectivity index (χ1) is 2.00. The Balaban J connectivity index is -0.0000000800. The Morgan fingerprint density at radius 2 is 1.00 bits per heavy atom. The lowest BCUT2D eigenvalue weighted by Gasteiger charge is -1.94. The van der Waals surface area contributed by atoms with Crippen LogP contribution in [0.4, 0.5) is 17.3 Å². The van der Waals surface area contributed by atoms with Crippen molar-refractivity contribution in [1.29, 1.82) is 0 Å². The highest BCUT2D eigenvalue weighted by Crippen LogP contribution is 2.06. The Morgan fingerprint density at radius 1 is 1.00 bits per heavy atom. The molecule has 0 bridgehead atoms. The molecule has 0 saturated carbocycles. The van der Waals surface area contributed by atoms with Crippen LogP contribution in [0.5, 0.6) is 0 Å². The molecule has 0 atom stereocenters. The van der Waals surface area contributed by atoms with Gasteiger partial charge in [0.25, 0.3) is 0 Å². The van der Waals surface area contributed by atoms with Crippen LogP contribution in [0.25, 0.3) is 0 Å². The van der Waals surface area contributed by atoms with E-state index in [1.54, 1.807) is 0 Å². The lowest BCUT2D eigenvalue weighted by molar-refractivity contribution is 0.368. The number of hydrogen-bond acceptors (Lipinski definition) is 0. The Bertz CT molecular complexity index is 27.2. The molecule has 0 aromatic heterocycles. The predicted octanol–water partition coefficient (Wildman–Crippen LogP) is 1.99. The maximum Gasteiger partial charge on any atom is 1.00 e. The van der Waals surface area contributed by atoms with Gasteiger partial charge in [-0.2, -0.15) is 0 Å². The van der Waals surface area contributed by atoms with Gasteiger partial charge < -0.3 is 17.3 Å². The Labute approximate surface area is 43.9 Å². The molecule has 0 radical (unpaired) electrons. The molecular formula is H2BBrF4. The van der Waals surface area contributed by atoms with Gasteiger partial charge in [0.2, 0.25) is 0 Å². The second kappa shape index (κ2) is 2.44. The Hall–Kier alpha value is 0.265. The predicted molar refractivity (Wildman–Crippen MR) is 21.6 cm³/mol. The van der Waals surface area contributed by atoms with E-state index in [0.717, 1.165) is 0 Å². The summed E-state index contributed by atoms with van der Waals surface area (Å²) in [6.45, 7) is 0. The summed E-state index contributed by atoms with van der Waals surface area (Å²) >= 11 is 0. The molecule has 0 unspecified atom stereocenters. The maximum absolute atomic E-state index is 9.75. The van der Waals surface area contributed by atoms with Crippen LogP contribution in [0.15, 0.2) is 0 Å². The van der Waals surface area contributed by atoms with Crippen molar-refractivity contribution in [3.05, 3.63) is 0 Å². The fourth-order valence-corrected chi connectivity index (χ4v) is 0. The molecule has 0 aliphatic rings.